The van der Waals surface area contributed by atoms with Crippen molar-refractivity contribution >= 4 is 11.6 Å². The molecule has 1 heterocycles. The summed E-state index contributed by atoms with van der Waals surface area (Å²) in [5.74, 6) is -2.58. The fourth-order valence-corrected chi connectivity index (χ4v) is 1.96. The molecule has 0 saturated carbocycles. The lowest BCUT2D eigenvalue weighted by Crippen LogP contribution is -2.26. The molecule has 0 bridgehead atoms. The van der Waals surface area contributed by atoms with Crippen molar-refractivity contribution in [1.82, 2.24) is 9.78 Å². The summed E-state index contributed by atoms with van der Waals surface area (Å²) in [6.07, 6.45) is -4.63. The molecule has 0 aliphatic carbocycles. The number of alkyl halides is 3. The molecule has 23 heavy (non-hydrogen) atoms. The van der Waals surface area contributed by atoms with E-state index in [1.165, 1.54) is 13.8 Å². The molecule has 4 nitrogen and oxygen atoms in total. The van der Waals surface area contributed by atoms with Gasteiger partial charge in [-0.15, -0.1) is 0 Å². The van der Waals surface area contributed by atoms with Gasteiger partial charge in [0.2, 0.25) is 5.91 Å². The molecule has 9 heteroatoms. The van der Waals surface area contributed by atoms with Crippen LogP contribution in [-0.4, -0.2) is 15.7 Å². The van der Waals surface area contributed by atoms with Gasteiger partial charge in [0.1, 0.15) is 17.7 Å². The summed E-state index contributed by atoms with van der Waals surface area (Å²) in [5.41, 5.74) is -1.27. The molecule has 0 aliphatic heterocycles. The molecule has 1 N–H and O–H groups in total. The third-order valence-corrected chi connectivity index (χ3v) is 3.15. The van der Waals surface area contributed by atoms with E-state index >= 15 is 0 Å². The third-order valence-electron chi connectivity index (χ3n) is 3.15. The Morgan fingerprint density at radius 2 is 1.91 bits per heavy atom. The Kier molecular flexibility index (Phi) is 4.39. The zero-order valence-electron chi connectivity index (χ0n) is 12.1. The maximum Gasteiger partial charge on any atom is 0.435 e. The first kappa shape index (κ1) is 16.9. The minimum absolute atomic E-state index is 0.125. The second kappa shape index (κ2) is 5.98. The number of anilines is 1. The fourth-order valence-electron chi connectivity index (χ4n) is 1.96. The standard InChI is InChI=1S/C14H12F5N3O/c1-7-5-12(14(17,18)19)21-22(7)8(2)13(23)20-11-4-3-9(15)6-10(11)16/h3-6,8H,1-2H3,(H,20,23). The zero-order valence-corrected chi connectivity index (χ0v) is 12.1. The van der Waals surface area contributed by atoms with E-state index in [4.69, 9.17) is 0 Å². The third kappa shape index (κ3) is 3.66. The Bertz CT molecular complexity index is 738. The van der Waals surface area contributed by atoms with Crippen LogP contribution in [0, 0.1) is 18.6 Å². The zero-order chi connectivity index (χ0) is 17.4. The van der Waals surface area contributed by atoms with Gasteiger partial charge in [0.25, 0.3) is 0 Å². The molecule has 2 rings (SSSR count). The Labute approximate surface area is 127 Å². The summed E-state index contributed by atoms with van der Waals surface area (Å²) in [6, 6.07) is 2.25. The van der Waals surface area contributed by atoms with E-state index in [1.807, 2.05) is 0 Å². The molecule has 1 aromatic carbocycles. The van der Waals surface area contributed by atoms with E-state index in [0.29, 0.717) is 6.07 Å². The van der Waals surface area contributed by atoms with Crippen LogP contribution < -0.4 is 5.32 Å². The molecule has 1 aromatic heterocycles. The number of nitrogens with one attached hydrogen (secondary N) is 1. The smallest absolute Gasteiger partial charge is 0.322 e. The van der Waals surface area contributed by atoms with Crippen molar-refractivity contribution < 1.29 is 26.7 Å². The molecule has 0 aliphatic rings. The van der Waals surface area contributed by atoms with Gasteiger partial charge in [-0.1, -0.05) is 0 Å². The van der Waals surface area contributed by atoms with Gasteiger partial charge in [0.05, 0.1) is 5.69 Å². The number of rotatable bonds is 3. The van der Waals surface area contributed by atoms with E-state index in [-0.39, 0.29) is 11.4 Å². The highest BCUT2D eigenvalue weighted by Crippen LogP contribution is 2.29. The SMILES string of the molecule is Cc1cc(C(F)(F)F)nn1C(C)C(=O)Nc1ccc(F)cc1F. The van der Waals surface area contributed by atoms with E-state index in [2.05, 4.69) is 10.4 Å². The fraction of sp³-hybridized carbons (Fsp3) is 0.286. The number of aromatic nitrogens is 2. The number of carbonyl (C=O) groups excluding carboxylic acids is 1. The quantitative estimate of drug-likeness (QED) is 0.871. The Balaban J connectivity index is 2.21. The molecule has 0 spiro atoms. The van der Waals surface area contributed by atoms with Crippen LogP contribution in [0.4, 0.5) is 27.6 Å². The molecule has 124 valence electrons. The summed E-state index contributed by atoms with van der Waals surface area (Å²) in [6.45, 7) is 2.68. The number of hydrogen-bond donors (Lipinski definition) is 1. The van der Waals surface area contributed by atoms with Crippen LogP contribution in [0.25, 0.3) is 0 Å². The van der Waals surface area contributed by atoms with E-state index in [1.54, 1.807) is 0 Å². The van der Waals surface area contributed by atoms with Gasteiger partial charge in [-0.2, -0.15) is 18.3 Å². The average molecular weight is 333 g/mol. The molecular weight excluding hydrogens is 321 g/mol. The highest BCUT2D eigenvalue weighted by Gasteiger charge is 2.35. The molecule has 2 aromatic rings. The van der Waals surface area contributed by atoms with Gasteiger partial charge >= 0.3 is 6.18 Å². The summed E-state index contributed by atoms with van der Waals surface area (Å²) in [4.78, 5) is 12.0. The van der Waals surface area contributed by atoms with Crippen LogP contribution in [0.15, 0.2) is 24.3 Å². The second-order valence-corrected chi connectivity index (χ2v) is 4.90. The van der Waals surface area contributed by atoms with Crippen molar-refractivity contribution in [3.05, 3.63) is 47.3 Å². The highest BCUT2D eigenvalue weighted by molar-refractivity contribution is 5.93. The van der Waals surface area contributed by atoms with Crippen molar-refractivity contribution in [3.63, 3.8) is 0 Å². The van der Waals surface area contributed by atoms with Crippen LogP contribution in [0.1, 0.15) is 24.4 Å². The normalized spacial score (nSPS) is 13.0. The number of aryl methyl sites for hydroxylation is 1. The van der Waals surface area contributed by atoms with E-state index in [9.17, 15) is 26.7 Å². The molecule has 0 fully saturated rings. The van der Waals surface area contributed by atoms with Crippen LogP contribution in [0.2, 0.25) is 0 Å². The average Bonchev–Trinajstić information content (AvgIpc) is 2.83. The first-order valence-corrected chi connectivity index (χ1v) is 6.49. The Morgan fingerprint density at radius 1 is 1.26 bits per heavy atom. The highest BCUT2D eigenvalue weighted by atomic mass is 19.4. The van der Waals surface area contributed by atoms with E-state index in [0.717, 1.165) is 22.9 Å². The van der Waals surface area contributed by atoms with Gasteiger partial charge in [0.15, 0.2) is 5.69 Å². The van der Waals surface area contributed by atoms with Gasteiger partial charge in [-0.05, 0) is 32.0 Å². The van der Waals surface area contributed by atoms with Gasteiger partial charge in [-0.3, -0.25) is 9.48 Å². The summed E-state index contributed by atoms with van der Waals surface area (Å²) >= 11 is 0. The summed E-state index contributed by atoms with van der Waals surface area (Å²) in [7, 11) is 0. The van der Waals surface area contributed by atoms with Gasteiger partial charge < -0.3 is 5.32 Å². The maximum atomic E-state index is 13.5. The number of hydrogen-bond acceptors (Lipinski definition) is 2. The van der Waals surface area contributed by atoms with Crippen molar-refractivity contribution in [2.24, 2.45) is 0 Å². The molecule has 0 saturated heterocycles. The predicted octanol–water partition coefficient (Wildman–Crippen LogP) is 3.69. The van der Waals surface area contributed by atoms with E-state index < -0.39 is 35.5 Å². The maximum absolute atomic E-state index is 13.5. The molecular formula is C14H12F5N3O. The largest absolute Gasteiger partial charge is 0.435 e. The van der Waals surface area contributed by atoms with Crippen molar-refractivity contribution in [3.8, 4) is 0 Å². The monoisotopic (exact) mass is 333 g/mol. The van der Waals surface area contributed by atoms with Crippen LogP contribution in [0.3, 0.4) is 0 Å². The first-order valence-electron chi connectivity index (χ1n) is 6.49. The lowest BCUT2D eigenvalue weighted by molar-refractivity contribution is -0.141. The van der Waals surface area contributed by atoms with Crippen LogP contribution in [-0.2, 0) is 11.0 Å². The molecule has 1 unspecified atom stereocenters. The number of nitrogens with zero attached hydrogens (tertiary/aromatic N) is 2. The topological polar surface area (TPSA) is 46.9 Å². The van der Waals surface area contributed by atoms with Crippen LogP contribution in [0.5, 0.6) is 0 Å². The van der Waals surface area contributed by atoms with Gasteiger partial charge in [-0.25, -0.2) is 8.78 Å². The number of amides is 1. The lowest BCUT2D eigenvalue weighted by Gasteiger charge is -2.15. The van der Waals surface area contributed by atoms with Crippen molar-refractivity contribution in [2.45, 2.75) is 26.1 Å². The van der Waals surface area contributed by atoms with Crippen molar-refractivity contribution in [2.75, 3.05) is 5.32 Å². The van der Waals surface area contributed by atoms with Crippen molar-refractivity contribution in [1.29, 1.82) is 0 Å². The van der Waals surface area contributed by atoms with Gasteiger partial charge in [0, 0.05) is 11.8 Å². The summed E-state index contributed by atoms with van der Waals surface area (Å²) < 4.78 is 65.0. The number of carbonyl (C=O) groups is 1. The number of halogens is 5. The Hall–Kier alpha value is -2.45. The summed E-state index contributed by atoms with van der Waals surface area (Å²) in [5, 5.41) is 5.55. The minimum Gasteiger partial charge on any atom is -0.322 e. The van der Waals surface area contributed by atoms with Crippen LogP contribution >= 0.6 is 0 Å². The molecule has 0 radical (unpaired) electrons. The number of benzene rings is 1. The second-order valence-electron chi connectivity index (χ2n) is 4.90. The predicted molar refractivity (Wildman–Crippen MR) is 71.7 cm³/mol. The lowest BCUT2D eigenvalue weighted by atomic mass is 10.2. The Morgan fingerprint density at radius 3 is 2.43 bits per heavy atom. The first-order chi connectivity index (χ1) is 10.6. The molecule has 1 amide bonds. The minimum atomic E-state index is -4.63. The molecule has 1 atom stereocenters.